The Kier molecular flexibility index (Phi) is 4.89. The average Bonchev–Trinajstić information content (AvgIpc) is 2.57. The van der Waals surface area contributed by atoms with E-state index < -0.39 is 0 Å². The third-order valence-corrected chi connectivity index (χ3v) is 4.37. The molecule has 2 heteroatoms. The lowest BCUT2D eigenvalue weighted by atomic mass is 9.95. The Bertz CT molecular complexity index is 615. The molecule has 1 saturated carbocycles. The molecule has 0 atom stereocenters. The molecule has 1 aliphatic rings. The minimum atomic E-state index is 0.150. The fourth-order valence-corrected chi connectivity index (χ4v) is 3.20. The zero-order valence-electron chi connectivity index (χ0n) is 12.9. The highest BCUT2D eigenvalue weighted by Crippen LogP contribution is 2.21. The van der Waals surface area contributed by atoms with Crippen LogP contribution in [-0.2, 0) is 11.2 Å². The number of carbonyl (C=O) groups is 1. The van der Waals surface area contributed by atoms with Crippen molar-refractivity contribution in [1.29, 1.82) is 0 Å². The summed E-state index contributed by atoms with van der Waals surface area (Å²) >= 11 is 0. The summed E-state index contributed by atoms with van der Waals surface area (Å²) in [7, 11) is 0. The number of benzene rings is 2. The van der Waals surface area contributed by atoms with Crippen molar-refractivity contribution < 1.29 is 4.79 Å². The monoisotopic (exact) mass is 293 g/mol. The summed E-state index contributed by atoms with van der Waals surface area (Å²) in [5, 5.41) is 3.19. The predicted molar refractivity (Wildman–Crippen MR) is 90.6 cm³/mol. The van der Waals surface area contributed by atoms with Crippen LogP contribution in [0.5, 0.6) is 0 Å². The molecule has 0 saturated heterocycles. The first-order valence-electron chi connectivity index (χ1n) is 8.25. The predicted octanol–water partition coefficient (Wildman–Crippen LogP) is 4.35. The van der Waals surface area contributed by atoms with Crippen LogP contribution in [-0.4, -0.2) is 11.9 Å². The van der Waals surface area contributed by atoms with Gasteiger partial charge in [0.15, 0.2) is 0 Å². The van der Waals surface area contributed by atoms with Crippen LogP contribution in [0.15, 0.2) is 54.6 Å². The molecule has 1 N–H and O–H groups in total. The van der Waals surface area contributed by atoms with Gasteiger partial charge in [-0.3, -0.25) is 4.79 Å². The molecule has 2 aromatic carbocycles. The first-order chi connectivity index (χ1) is 10.8. The maximum Gasteiger partial charge on any atom is 0.224 e. The Morgan fingerprint density at radius 1 is 0.909 bits per heavy atom. The normalized spacial score (nSPS) is 15.5. The molecule has 0 aliphatic heterocycles. The number of hydrogen-bond acceptors (Lipinski definition) is 1. The van der Waals surface area contributed by atoms with Crippen LogP contribution in [0, 0.1) is 0 Å². The molecule has 0 unspecified atom stereocenters. The van der Waals surface area contributed by atoms with E-state index >= 15 is 0 Å². The molecule has 0 radical (unpaired) electrons. The summed E-state index contributed by atoms with van der Waals surface area (Å²) in [5.74, 6) is 0.150. The SMILES string of the molecule is O=C(Cc1cccc(-c2ccccc2)c1)NC1CCCCC1. The molecule has 22 heavy (non-hydrogen) atoms. The molecule has 1 aliphatic carbocycles. The Balaban J connectivity index is 1.64. The van der Waals surface area contributed by atoms with E-state index in [9.17, 15) is 4.79 Å². The van der Waals surface area contributed by atoms with Crippen molar-refractivity contribution in [3.8, 4) is 11.1 Å². The number of rotatable bonds is 4. The van der Waals surface area contributed by atoms with E-state index in [0.29, 0.717) is 12.5 Å². The number of carbonyl (C=O) groups excluding carboxylic acids is 1. The highest BCUT2D eigenvalue weighted by Gasteiger charge is 2.15. The van der Waals surface area contributed by atoms with Gasteiger partial charge in [0.05, 0.1) is 6.42 Å². The number of hydrogen-bond donors (Lipinski definition) is 1. The second kappa shape index (κ2) is 7.26. The van der Waals surface area contributed by atoms with Crippen molar-refractivity contribution in [2.45, 2.75) is 44.6 Å². The fourth-order valence-electron chi connectivity index (χ4n) is 3.20. The third kappa shape index (κ3) is 3.97. The van der Waals surface area contributed by atoms with Crippen LogP contribution in [0.1, 0.15) is 37.7 Å². The van der Waals surface area contributed by atoms with Gasteiger partial charge in [0.1, 0.15) is 0 Å². The maximum atomic E-state index is 12.2. The Hall–Kier alpha value is -2.09. The Labute approximate surface area is 132 Å². The van der Waals surface area contributed by atoms with E-state index in [1.54, 1.807) is 0 Å². The Morgan fingerprint density at radius 3 is 2.41 bits per heavy atom. The summed E-state index contributed by atoms with van der Waals surface area (Å²) in [6.45, 7) is 0. The van der Waals surface area contributed by atoms with Gasteiger partial charge in [-0.2, -0.15) is 0 Å². The van der Waals surface area contributed by atoms with Crippen LogP contribution >= 0.6 is 0 Å². The van der Waals surface area contributed by atoms with E-state index in [1.165, 1.54) is 30.4 Å². The second-order valence-corrected chi connectivity index (χ2v) is 6.15. The van der Waals surface area contributed by atoms with E-state index in [4.69, 9.17) is 0 Å². The molecule has 114 valence electrons. The van der Waals surface area contributed by atoms with E-state index in [2.05, 4.69) is 29.6 Å². The van der Waals surface area contributed by atoms with Gasteiger partial charge < -0.3 is 5.32 Å². The molecular weight excluding hydrogens is 270 g/mol. The Morgan fingerprint density at radius 2 is 1.64 bits per heavy atom. The van der Waals surface area contributed by atoms with Crippen LogP contribution in [0.3, 0.4) is 0 Å². The van der Waals surface area contributed by atoms with Gasteiger partial charge in [-0.05, 0) is 29.5 Å². The van der Waals surface area contributed by atoms with Gasteiger partial charge in [0.25, 0.3) is 0 Å². The lowest BCUT2D eigenvalue weighted by Gasteiger charge is -2.22. The lowest BCUT2D eigenvalue weighted by molar-refractivity contribution is -0.121. The fraction of sp³-hybridized carbons (Fsp3) is 0.350. The quantitative estimate of drug-likeness (QED) is 0.892. The molecular formula is C20H23NO. The average molecular weight is 293 g/mol. The zero-order valence-corrected chi connectivity index (χ0v) is 12.9. The first kappa shape index (κ1) is 14.8. The summed E-state index contributed by atoms with van der Waals surface area (Å²) in [6.07, 6.45) is 6.54. The lowest BCUT2D eigenvalue weighted by Crippen LogP contribution is -2.37. The van der Waals surface area contributed by atoms with Gasteiger partial charge in [-0.25, -0.2) is 0 Å². The molecule has 0 aromatic heterocycles. The summed E-state index contributed by atoms with van der Waals surface area (Å²) in [5.41, 5.74) is 3.44. The van der Waals surface area contributed by atoms with Crippen molar-refractivity contribution in [3.63, 3.8) is 0 Å². The van der Waals surface area contributed by atoms with Gasteiger partial charge in [0.2, 0.25) is 5.91 Å². The van der Waals surface area contributed by atoms with E-state index in [1.807, 2.05) is 30.3 Å². The van der Waals surface area contributed by atoms with Crippen molar-refractivity contribution in [3.05, 3.63) is 60.2 Å². The van der Waals surface area contributed by atoms with Crippen molar-refractivity contribution >= 4 is 5.91 Å². The smallest absolute Gasteiger partial charge is 0.224 e. The summed E-state index contributed by atoms with van der Waals surface area (Å²) in [6, 6.07) is 19.0. The molecule has 0 spiro atoms. The van der Waals surface area contributed by atoms with Crippen molar-refractivity contribution in [1.82, 2.24) is 5.32 Å². The second-order valence-electron chi connectivity index (χ2n) is 6.15. The standard InChI is InChI=1S/C20H23NO/c22-20(21-19-12-5-2-6-13-19)15-16-8-7-11-18(14-16)17-9-3-1-4-10-17/h1,3-4,7-11,14,19H,2,5-6,12-13,15H2,(H,21,22). The minimum Gasteiger partial charge on any atom is -0.353 e. The number of amides is 1. The van der Waals surface area contributed by atoms with Crippen molar-refractivity contribution in [2.75, 3.05) is 0 Å². The highest BCUT2D eigenvalue weighted by molar-refractivity contribution is 5.79. The zero-order chi connectivity index (χ0) is 15.2. The van der Waals surface area contributed by atoms with Crippen LogP contribution < -0.4 is 5.32 Å². The van der Waals surface area contributed by atoms with Gasteiger partial charge >= 0.3 is 0 Å². The summed E-state index contributed by atoms with van der Waals surface area (Å²) in [4.78, 5) is 12.2. The molecule has 1 fully saturated rings. The van der Waals surface area contributed by atoms with Gasteiger partial charge in [-0.1, -0.05) is 73.9 Å². The number of nitrogens with one attached hydrogen (secondary N) is 1. The molecule has 3 rings (SSSR count). The molecule has 2 aromatic rings. The van der Waals surface area contributed by atoms with Crippen LogP contribution in [0.4, 0.5) is 0 Å². The van der Waals surface area contributed by atoms with Crippen LogP contribution in [0.2, 0.25) is 0 Å². The van der Waals surface area contributed by atoms with Crippen LogP contribution in [0.25, 0.3) is 11.1 Å². The van der Waals surface area contributed by atoms with Gasteiger partial charge in [-0.15, -0.1) is 0 Å². The largest absolute Gasteiger partial charge is 0.353 e. The minimum absolute atomic E-state index is 0.150. The third-order valence-electron chi connectivity index (χ3n) is 4.37. The van der Waals surface area contributed by atoms with E-state index in [-0.39, 0.29) is 5.91 Å². The molecule has 0 heterocycles. The highest BCUT2D eigenvalue weighted by atomic mass is 16.1. The maximum absolute atomic E-state index is 12.2. The molecule has 2 nitrogen and oxygen atoms in total. The summed E-state index contributed by atoms with van der Waals surface area (Å²) < 4.78 is 0. The van der Waals surface area contributed by atoms with E-state index in [0.717, 1.165) is 18.4 Å². The first-order valence-corrected chi connectivity index (χ1v) is 8.25. The molecule has 1 amide bonds. The topological polar surface area (TPSA) is 29.1 Å². The van der Waals surface area contributed by atoms with Gasteiger partial charge in [0, 0.05) is 6.04 Å². The molecule has 0 bridgehead atoms. The van der Waals surface area contributed by atoms with Crippen molar-refractivity contribution in [2.24, 2.45) is 0 Å².